The van der Waals surface area contributed by atoms with Gasteiger partial charge in [-0.3, -0.25) is 9.78 Å². The number of pyridine rings is 1. The van der Waals surface area contributed by atoms with Crippen LogP contribution in [0.1, 0.15) is 39.0 Å². The maximum absolute atomic E-state index is 12.5. The van der Waals surface area contributed by atoms with E-state index in [4.69, 9.17) is 4.74 Å². The van der Waals surface area contributed by atoms with Gasteiger partial charge < -0.3 is 14.5 Å². The van der Waals surface area contributed by atoms with Gasteiger partial charge >= 0.3 is 6.09 Å². The summed E-state index contributed by atoms with van der Waals surface area (Å²) >= 11 is 0. The molecule has 6 nitrogen and oxygen atoms in total. The summed E-state index contributed by atoms with van der Waals surface area (Å²) in [5.74, 6) is 0.0227. The van der Waals surface area contributed by atoms with Gasteiger partial charge in [-0.15, -0.1) is 0 Å². The molecule has 0 bridgehead atoms. The van der Waals surface area contributed by atoms with E-state index in [1.807, 2.05) is 39.8 Å². The third-order valence-electron chi connectivity index (χ3n) is 4.02. The number of nitrogens with zero attached hydrogens (tertiary/aromatic N) is 3. The van der Waals surface area contributed by atoms with Crippen molar-refractivity contribution in [2.24, 2.45) is 0 Å². The second-order valence-electron chi connectivity index (χ2n) is 7.33. The molecule has 2 amide bonds. The fourth-order valence-corrected chi connectivity index (χ4v) is 2.70. The van der Waals surface area contributed by atoms with Gasteiger partial charge in [0, 0.05) is 37.6 Å². The fraction of sp³-hybridized carbons (Fsp3) is 0.526. The molecule has 0 unspecified atom stereocenters. The molecule has 0 spiro atoms. The Hall–Kier alpha value is -2.37. The summed E-state index contributed by atoms with van der Waals surface area (Å²) in [5.41, 5.74) is 1.14. The van der Waals surface area contributed by atoms with Crippen molar-refractivity contribution in [2.75, 3.05) is 19.6 Å². The first-order valence-corrected chi connectivity index (χ1v) is 8.54. The van der Waals surface area contributed by atoms with Gasteiger partial charge in [-0.25, -0.2) is 4.79 Å². The highest BCUT2D eigenvalue weighted by Gasteiger charge is 2.32. The van der Waals surface area contributed by atoms with Gasteiger partial charge in [0.15, 0.2) is 0 Å². The first kappa shape index (κ1) is 19.0. The van der Waals surface area contributed by atoms with Gasteiger partial charge in [0.2, 0.25) is 5.91 Å². The van der Waals surface area contributed by atoms with Gasteiger partial charge in [-0.1, -0.05) is 18.7 Å². The second-order valence-corrected chi connectivity index (χ2v) is 7.33. The Bertz CT molecular complexity index is 634. The van der Waals surface area contributed by atoms with Crippen LogP contribution in [-0.2, 0) is 16.0 Å². The molecule has 2 rings (SSSR count). The first-order valence-electron chi connectivity index (χ1n) is 8.54. The van der Waals surface area contributed by atoms with Crippen LogP contribution in [0.2, 0.25) is 0 Å². The molecule has 1 aliphatic rings. The molecule has 0 radical (unpaired) electrons. The Morgan fingerprint density at radius 2 is 2.08 bits per heavy atom. The minimum Gasteiger partial charge on any atom is -0.444 e. The summed E-state index contributed by atoms with van der Waals surface area (Å²) in [6.07, 6.45) is 3.36. The highest BCUT2D eigenvalue weighted by atomic mass is 16.6. The van der Waals surface area contributed by atoms with Crippen molar-refractivity contribution >= 4 is 18.1 Å². The van der Waals surface area contributed by atoms with Crippen LogP contribution in [-0.4, -0.2) is 58.1 Å². The average molecular weight is 345 g/mol. The molecule has 0 aromatic carbocycles. The summed E-state index contributed by atoms with van der Waals surface area (Å²) in [6, 6.07) is 3.66. The molecular formula is C19H27N3O3. The third kappa shape index (κ3) is 5.31. The molecule has 6 heteroatoms. The molecule has 0 saturated carbocycles. The van der Waals surface area contributed by atoms with Crippen LogP contribution in [0.25, 0.3) is 6.08 Å². The van der Waals surface area contributed by atoms with Crippen molar-refractivity contribution in [3.8, 4) is 0 Å². The molecule has 1 aromatic heterocycles. The van der Waals surface area contributed by atoms with Crippen LogP contribution in [0, 0.1) is 0 Å². The molecular weight excluding hydrogens is 318 g/mol. The molecule has 2 heterocycles. The van der Waals surface area contributed by atoms with Crippen LogP contribution in [0.3, 0.4) is 0 Å². The molecule has 25 heavy (non-hydrogen) atoms. The molecule has 1 fully saturated rings. The van der Waals surface area contributed by atoms with E-state index in [1.54, 1.807) is 22.1 Å². The molecule has 1 saturated heterocycles. The highest BCUT2D eigenvalue weighted by Crippen LogP contribution is 2.16. The monoisotopic (exact) mass is 345 g/mol. The predicted octanol–water partition coefficient (Wildman–Crippen LogP) is 2.73. The number of ether oxygens (including phenoxy) is 1. The van der Waals surface area contributed by atoms with Crippen LogP contribution >= 0.6 is 0 Å². The summed E-state index contributed by atoms with van der Waals surface area (Å²) < 4.78 is 5.43. The zero-order valence-electron chi connectivity index (χ0n) is 15.5. The zero-order chi connectivity index (χ0) is 18.6. The van der Waals surface area contributed by atoms with E-state index in [2.05, 4.69) is 11.6 Å². The van der Waals surface area contributed by atoms with Crippen molar-refractivity contribution in [1.82, 2.24) is 14.8 Å². The lowest BCUT2D eigenvalue weighted by Crippen LogP contribution is -2.56. The molecule has 1 aliphatic heterocycles. The molecule has 0 N–H and O–H groups in total. The van der Waals surface area contributed by atoms with Gasteiger partial charge in [0.1, 0.15) is 5.60 Å². The average Bonchev–Trinajstić information content (AvgIpc) is 2.53. The predicted molar refractivity (Wildman–Crippen MR) is 97.0 cm³/mol. The molecule has 1 atom stereocenters. The summed E-state index contributed by atoms with van der Waals surface area (Å²) in [5, 5.41) is 0. The van der Waals surface area contributed by atoms with E-state index in [1.165, 1.54) is 0 Å². The number of hydrogen-bond donors (Lipinski definition) is 0. The van der Waals surface area contributed by atoms with E-state index in [9.17, 15) is 9.59 Å². The summed E-state index contributed by atoms with van der Waals surface area (Å²) in [4.78, 5) is 32.5. The fourth-order valence-electron chi connectivity index (χ4n) is 2.70. The standard InChI is InChI=1S/C19H27N3O3/c1-6-15-7-8-16(20-12-15)11-17(23)21-9-10-22(14(2)13-21)18(24)25-19(3,4)5/h6-8,12,14H,1,9-11,13H2,2-5H3/t14-/m0/s1. The minimum atomic E-state index is -0.521. The van der Waals surface area contributed by atoms with E-state index in [0.29, 0.717) is 19.6 Å². The second kappa shape index (κ2) is 7.68. The van der Waals surface area contributed by atoms with Crippen LogP contribution < -0.4 is 0 Å². The Balaban J connectivity index is 1.91. The van der Waals surface area contributed by atoms with E-state index in [-0.39, 0.29) is 24.5 Å². The van der Waals surface area contributed by atoms with Crippen molar-refractivity contribution in [3.05, 3.63) is 36.2 Å². The number of piperazine rings is 1. The maximum atomic E-state index is 12.5. The van der Waals surface area contributed by atoms with Crippen LogP contribution in [0.15, 0.2) is 24.9 Å². The smallest absolute Gasteiger partial charge is 0.410 e. The number of hydrogen-bond acceptors (Lipinski definition) is 4. The lowest BCUT2D eigenvalue weighted by Gasteiger charge is -2.40. The maximum Gasteiger partial charge on any atom is 0.410 e. The van der Waals surface area contributed by atoms with E-state index >= 15 is 0 Å². The largest absolute Gasteiger partial charge is 0.444 e. The SMILES string of the molecule is C=Cc1ccc(CC(=O)N2CCN(C(=O)OC(C)(C)C)[C@@H](C)C2)nc1. The number of aromatic nitrogens is 1. The quantitative estimate of drug-likeness (QED) is 0.845. The molecule has 1 aromatic rings. The normalized spacial score (nSPS) is 18.0. The van der Waals surface area contributed by atoms with Gasteiger partial charge in [0.05, 0.1) is 6.42 Å². The summed E-state index contributed by atoms with van der Waals surface area (Å²) in [6.45, 7) is 12.6. The zero-order valence-corrected chi connectivity index (χ0v) is 15.5. The number of amides is 2. The molecule has 0 aliphatic carbocycles. The lowest BCUT2D eigenvalue weighted by molar-refractivity contribution is -0.133. The van der Waals surface area contributed by atoms with Crippen molar-refractivity contribution in [3.63, 3.8) is 0 Å². The van der Waals surface area contributed by atoms with Crippen LogP contribution in [0.5, 0.6) is 0 Å². The number of carbonyl (C=O) groups excluding carboxylic acids is 2. The van der Waals surface area contributed by atoms with Crippen LogP contribution in [0.4, 0.5) is 4.79 Å². The number of carbonyl (C=O) groups is 2. The van der Waals surface area contributed by atoms with Crippen molar-refractivity contribution in [2.45, 2.75) is 45.8 Å². The third-order valence-corrected chi connectivity index (χ3v) is 4.02. The number of rotatable bonds is 3. The van der Waals surface area contributed by atoms with Gasteiger partial charge in [-0.2, -0.15) is 0 Å². The Labute approximate surface area is 149 Å². The minimum absolute atomic E-state index is 0.0227. The highest BCUT2D eigenvalue weighted by molar-refractivity contribution is 5.79. The lowest BCUT2D eigenvalue weighted by atomic mass is 10.1. The Kier molecular flexibility index (Phi) is 5.82. The molecule has 136 valence electrons. The van der Waals surface area contributed by atoms with Crippen molar-refractivity contribution < 1.29 is 14.3 Å². The topological polar surface area (TPSA) is 62.7 Å². The van der Waals surface area contributed by atoms with Crippen molar-refractivity contribution in [1.29, 1.82) is 0 Å². The first-order chi connectivity index (χ1) is 11.7. The Morgan fingerprint density at radius 3 is 2.60 bits per heavy atom. The van der Waals surface area contributed by atoms with Gasteiger partial charge in [-0.05, 0) is 39.3 Å². The van der Waals surface area contributed by atoms with E-state index in [0.717, 1.165) is 11.3 Å². The Morgan fingerprint density at radius 1 is 1.36 bits per heavy atom. The van der Waals surface area contributed by atoms with E-state index < -0.39 is 5.60 Å². The van der Waals surface area contributed by atoms with Gasteiger partial charge in [0.25, 0.3) is 0 Å². The summed E-state index contributed by atoms with van der Waals surface area (Å²) in [7, 11) is 0.